The highest BCUT2D eigenvalue weighted by Crippen LogP contribution is 2.30. The molecule has 0 aliphatic carbocycles. The third-order valence-electron chi connectivity index (χ3n) is 7.03. The fourth-order valence-corrected chi connectivity index (χ4v) is 4.98. The Balaban J connectivity index is 1.51. The normalized spacial score (nSPS) is 17.5. The van der Waals surface area contributed by atoms with Gasteiger partial charge in [0.25, 0.3) is 0 Å². The standard InChI is InChI=1S/C29H34N4O6/c1-3-4-5-9-12-25(31-19-27(30-20-31)33(36)37)28(34)32-18-24(17-26(32)29(35)38-2)39-23-15-13-22(14-16-23)21-10-7-6-8-11-21/h6-8,10-11,13-16,19-20,24-26H,3-5,9,12,17-18H2,1-2H3/t24-,25+,26-/m0/s1. The molecule has 0 saturated carbocycles. The second-order valence-electron chi connectivity index (χ2n) is 9.70. The van der Waals surface area contributed by atoms with Gasteiger partial charge in [0, 0.05) is 6.42 Å². The number of amides is 1. The number of likely N-dealkylation sites (tertiary alicyclic amines) is 1. The first-order valence-corrected chi connectivity index (χ1v) is 13.3. The van der Waals surface area contributed by atoms with Gasteiger partial charge in [0.15, 0.2) is 0 Å². The van der Waals surface area contributed by atoms with Crippen LogP contribution in [0.1, 0.15) is 51.5 Å². The fourth-order valence-electron chi connectivity index (χ4n) is 4.98. The number of imidazole rings is 1. The first-order chi connectivity index (χ1) is 18.9. The summed E-state index contributed by atoms with van der Waals surface area (Å²) in [6, 6.07) is 16.2. The van der Waals surface area contributed by atoms with Gasteiger partial charge in [0.05, 0.1) is 13.7 Å². The van der Waals surface area contributed by atoms with Crippen molar-refractivity contribution >= 4 is 17.7 Å². The van der Waals surface area contributed by atoms with E-state index in [9.17, 15) is 19.7 Å². The number of nitro groups is 1. The molecule has 3 aromatic rings. The van der Waals surface area contributed by atoms with E-state index < -0.39 is 29.1 Å². The van der Waals surface area contributed by atoms with E-state index in [1.165, 1.54) is 29.1 Å². The summed E-state index contributed by atoms with van der Waals surface area (Å²) >= 11 is 0. The smallest absolute Gasteiger partial charge is 0.381 e. The van der Waals surface area contributed by atoms with E-state index in [0.717, 1.165) is 36.8 Å². The maximum absolute atomic E-state index is 13.9. The Morgan fingerprint density at radius 2 is 1.79 bits per heavy atom. The molecule has 1 fully saturated rings. The van der Waals surface area contributed by atoms with Crippen LogP contribution in [0.3, 0.4) is 0 Å². The quantitative estimate of drug-likeness (QED) is 0.136. The maximum Gasteiger partial charge on any atom is 0.381 e. The molecule has 1 aromatic heterocycles. The molecule has 0 bridgehead atoms. The highest BCUT2D eigenvalue weighted by Gasteiger charge is 2.44. The lowest BCUT2D eigenvalue weighted by Crippen LogP contribution is -2.44. The number of rotatable bonds is 12. The zero-order chi connectivity index (χ0) is 27.8. The predicted molar refractivity (Wildman–Crippen MR) is 145 cm³/mol. The van der Waals surface area contributed by atoms with Crippen LogP contribution in [0.15, 0.2) is 67.1 Å². The molecule has 0 spiro atoms. The van der Waals surface area contributed by atoms with Crippen LogP contribution in [-0.4, -0.2) is 57.1 Å². The third-order valence-corrected chi connectivity index (χ3v) is 7.03. The van der Waals surface area contributed by atoms with Gasteiger partial charge in [-0.2, -0.15) is 0 Å². The van der Waals surface area contributed by atoms with Crippen LogP contribution >= 0.6 is 0 Å². The largest absolute Gasteiger partial charge is 0.488 e. The van der Waals surface area contributed by atoms with Crippen molar-refractivity contribution in [2.45, 2.75) is 63.6 Å². The zero-order valence-electron chi connectivity index (χ0n) is 22.3. The Morgan fingerprint density at radius 3 is 2.44 bits per heavy atom. The number of carbonyl (C=O) groups excluding carboxylic acids is 2. The summed E-state index contributed by atoms with van der Waals surface area (Å²) in [7, 11) is 1.29. The lowest BCUT2D eigenvalue weighted by molar-refractivity contribution is -0.389. The second-order valence-corrected chi connectivity index (χ2v) is 9.70. The summed E-state index contributed by atoms with van der Waals surface area (Å²) in [5.74, 6) is -0.513. The van der Waals surface area contributed by atoms with Gasteiger partial charge < -0.3 is 24.5 Å². The molecule has 0 radical (unpaired) electrons. The lowest BCUT2D eigenvalue weighted by atomic mass is 10.1. The Labute approximate surface area is 227 Å². The van der Waals surface area contributed by atoms with Crippen molar-refractivity contribution in [1.29, 1.82) is 0 Å². The molecule has 10 nitrogen and oxygen atoms in total. The molecule has 0 N–H and O–H groups in total. The number of esters is 1. The van der Waals surface area contributed by atoms with Gasteiger partial charge in [0.2, 0.25) is 12.2 Å². The molecule has 1 amide bonds. The highest BCUT2D eigenvalue weighted by molar-refractivity contribution is 5.87. The number of carbonyl (C=O) groups is 2. The van der Waals surface area contributed by atoms with Crippen molar-refractivity contribution in [3.8, 4) is 16.9 Å². The minimum absolute atomic E-state index is 0.196. The van der Waals surface area contributed by atoms with Crippen molar-refractivity contribution in [1.82, 2.24) is 14.5 Å². The molecule has 4 rings (SSSR count). The first kappa shape index (κ1) is 27.8. The van der Waals surface area contributed by atoms with Crippen LogP contribution in [0.2, 0.25) is 0 Å². The van der Waals surface area contributed by atoms with E-state index in [2.05, 4.69) is 11.9 Å². The van der Waals surface area contributed by atoms with E-state index >= 15 is 0 Å². The van der Waals surface area contributed by atoms with Crippen molar-refractivity contribution in [2.75, 3.05) is 13.7 Å². The van der Waals surface area contributed by atoms with Crippen LogP contribution < -0.4 is 4.74 Å². The minimum Gasteiger partial charge on any atom is -0.488 e. The summed E-state index contributed by atoms with van der Waals surface area (Å²) in [6.07, 6.45) is 6.69. The molecule has 2 aromatic carbocycles. The molecule has 206 valence electrons. The lowest BCUT2D eigenvalue weighted by Gasteiger charge is -2.27. The van der Waals surface area contributed by atoms with Gasteiger partial charge in [-0.15, -0.1) is 0 Å². The molecule has 3 atom stereocenters. The van der Waals surface area contributed by atoms with E-state index in [0.29, 0.717) is 12.2 Å². The molecule has 1 aliphatic rings. The number of unbranched alkanes of at least 4 members (excludes halogenated alkanes) is 3. The van der Waals surface area contributed by atoms with Gasteiger partial charge >= 0.3 is 11.8 Å². The van der Waals surface area contributed by atoms with Crippen molar-refractivity contribution in [3.05, 3.63) is 77.2 Å². The van der Waals surface area contributed by atoms with Gasteiger partial charge in [-0.1, -0.05) is 75.1 Å². The molecule has 10 heteroatoms. The summed E-state index contributed by atoms with van der Waals surface area (Å²) in [5.41, 5.74) is 2.15. The first-order valence-electron chi connectivity index (χ1n) is 13.3. The maximum atomic E-state index is 13.9. The van der Waals surface area contributed by atoms with Crippen LogP contribution in [0.4, 0.5) is 5.82 Å². The molecular formula is C29H34N4O6. The van der Waals surface area contributed by atoms with Crippen molar-refractivity contribution in [3.63, 3.8) is 0 Å². The summed E-state index contributed by atoms with van der Waals surface area (Å²) < 4.78 is 12.7. The average molecular weight is 535 g/mol. The summed E-state index contributed by atoms with van der Waals surface area (Å²) in [5, 5.41) is 11.2. The van der Waals surface area contributed by atoms with Crippen molar-refractivity contribution < 1.29 is 24.0 Å². The minimum atomic E-state index is -0.812. The number of benzene rings is 2. The Morgan fingerprint density at radius 1 is 1.08 bits per heavy atom. The van der Waals surface area contributed by atoms with E-state index in [-0.39, 0.29) is 24.7 Å². The predicted octanol–water partition coefficient (Wildman–Crippen LogP) is 5.19. The van der Waals surface area contributed by atoms with Crippen LogP contribution in [0, 0.1) is 10.1 Å². The Hall–Kier alpha value is -4.21. The molecule has 1 aliphatic heterocycles. The van der Waals surface area contributed by atoms with Crippen LogP contribution in [0.25, 0.3) is 11.1 Å². The van der Waals surface area contributed by atoms with E-state index in [1.54, 1.807) is 0 Å². The number of aromatic nitrogens is 2. The van der Waals surface area contributed by atoms with E-state index in [1.807, 2.05) is 54.6 Å². The Kier molecular flexibility index (Phi) is 9.30. The topological polar surface area (TPSA) is 117 Å². The molecule has 39 heavy (non-hydrogen) atoms. The number of hydrogen-bond donors (Lipinski definition) is 0. The third kappa shape index (κ3) is 6.81. The Bertz CT molecular complexity index is 1260. The number of ether oxygens (including phenoxy) is 2. The van der Waals surface area contributed by atoms with Crippen molar-refractivity contribution in [2.24, 2.45) is 0 Å². The fraction of sp³-hybridized carbons (Fsp3) is 0.414. The molecule has 1 saturated heterocycles. The van der Waals surface area contributed by atoms with Gasteiger partial charge in [0.1, 0.15) is 30.1 Å². The number of nitrogens with zero attached hydrogens (tertiary/aromatic N) is 4. The SMILES string of the molecule is CCCCCC[C@H](C(=O)N1C[C@@H](Oc2ccc(-c3ccccc3)cc2)C[C@H]1C(=O)OC)n1cnc([N+](=O)[O-])c1. The van der Waals surface area contributed by atoms with Crippen LogP contribution in [0.5, 0.6) is 5.75 Å². The molecular weight excluding hydrogens is 500 g/mol. The summed E-state index contributed by atoms with van der Waals surface area (Å²) in [6.45, 7) is 2.30. The number of hydrogen-bond acceptors (Lipinski definition) is 7. The monoisotopic (exact) mass is 534 g/mol. The van der Waals surface area contributed by atoms with Crippen LogP contribution in [-0.2, 0) is 14.3 Å². The summed E-state index contributed by atoms with van der Waals surface area (Å²) in [4.78, 5) is 42.5. The number of methoxy groups -OCH3 is 1. The van der Waals surface area contributed by atoms with Gasteiger partial charge in [-0.25, -0.2) is 4.79 Å². The highest BCUT2D eigenvalue weighted by atomic mass is 16.6. The molecule has 0 unspecified atom stereocenters. The zero-order valence-corrected chi connectivity index (χ0v) is 22.3. The molecule has 2 heterocycles. The van der Waals surface area contributed by atoms with E-state index in [4.69, 9.17) is 9.47 Å². The second kappa shape index (κ2) is 13.0. The average Bonchev–Trinajstić information content (AvgIpc) is 3.61. The van der Waals surface area contributed by atoms with Gasteiger partial charge in [-0.05, 0) is 39.6 Å². The van der Waals surface area contributed by atoms with Gasteiger partial charge in [-0.3, -0.25) is 9.36 Å².